The van der Waals surface area contributed by atoms with Gasteiger partial charge in [0.15, 0.2) is 0 Å². The summed E-state index contributed by atoms with van der Waals surface area (Å²) in [4.78, 5) is 4.86. The molecule has 0 saturated heterocycles. The molecule has 1 aromatic carbocycles. The van der Waals surface area contributed by atoms with Crippen LogP contribution in [0.1, 0.15) is 44.9 Å². The number of ether oxygens (including phenoxy) is 1. The molecule has 0 unspecified atom stereocenters. The third-order valence-electron chi connectivity index (χ3n) is 3.36. The standard InChI is InChI=1S/C17H23NO/c1-11(2)8-17-15(12(3)4)10-13-9-14(19-5)6-7-16(13)18-17/h6-7,9-12H,8H2,1-5H3. The molecule has 2 aromatic rings. The van der Waals surface area contributed by atoms with E-state index in [1.165, 1.54) is 11.3 Å². The molecule has 1 aromatic heterocycles. The maximum atomic E-state index is 5.29. The fourth-order valence-electron chi connectivity index (χ4n) is 2.39. The molecule has 2 heteroatoms. The van der Waals surface area contributed by atoms with Gasteiger partial charge in [0.25, 0.3) is 0 Å². The molecule has 0 bridgehead atoms. The Bertz CT molecular complexity index is 573. The van der Waals surface area contributed by atoms with Crippen molar-refractivity contribution in [1.82, 2.24) is 4.98 Å². The predicted molar refractivity (Wildman–Crippen MR) is 80.9 cm³/mol. The Labute approximate surface area is 115 Å². The van der Waals surface area contributed by atoms with Crippen LogP contribution in [0.25, 0.3) is 10.9 Å². The van der Waals surface area contributed by atoms with Gasteiger partial charge in [-0.05, 0) is 48.1 Å². The van der Waals surface area contributed by atoms with Gasteiger partial charge in [-0.25, -0.2) is 0 Å². The van der Waals surface area contributed by atoms with Gasteiger partial charge in [0, 0.05) is 11.1 Å². The number of benzene rings is 1. The summed E-state index contributed by atoms with van der Waals surface area (Å²) in [5.74, 6) is 2.01. The van der Waals surface area contributed by atoms with E-state index in [4.69, 9.17) is 9.72 Å². The van der Waals surface area contributed by atoms with E-state index in [1.54, 1.807) is 7.11 Å². The van der Waals surface area contributed by atoms with Gasteiger partial charge >= 0.3 is 0 Å². The molecule has 0 fully saturated rings. The smallest absolute Gasteiger partial charge is 0.119 e. The minimum Gasteiger partial charge on any atom is -0.497 e. The fraction of sp³-hybridized carbons (Fsp3) is 0.471. The van der Waals surface area contributed by atoms with Gasteiger partial charge < -0.3 is 4.74 Å². The molecule has 102 valence electrons. The molecule has 19 heavy (non-hydrogen) atoms. The summed E-state index contributed by atoms with van der Waals surface area (Å²) in [7, 11) is 1.70. The van der Waals surface area contributed by atoms with Crippen molar-refractivity contribution in [1.29, 1.82) is 0 Å². The van der Waals surface area contributed by atoms with E-state index in [-0.39, 0.29) is 0 Å². The molecule has 0 aliphatic rings. The zero-order chi connectivity index (χ0) is 14.0. The zero-order valence-corrected chi connectivity index (χ0v) is 12.5. The molecule has 0 N–H and O–H groups in total. The highest BCUT2D eigenvalue weighted by Gasteiger charge is 2.12. The Morgan fingerprint density at radius 1 is 1.11 bits per heavy atom. The Morgan fingerprint density at radius 2 is 1.84 bits per heavy atom. The largest absolute Gasteiger partial charge is 0.497 e. The molecule has 2 nitrogen and oxygen atoms in total. The van der Waals surface area contributed by atoms with Crippen LogP contribution in [0.15, 0.2) is 24.3 Å². The van der Waals surface area contributed by atoms with E-state index in [2.05, 4.69) is 39.8 Å². The van der Waals surface area contributed by atoms with Crippen molar-refractivity contribution in [3.8, 4) is 5.75 Å². The monoisotopic (exact) mass is 257 g/mol. The maximum Gasteiger partial charge on any atom is 0.119 e. The van der Waals surface area contributed by atoms with E-state index >= 15 is 0 Å². The van der Waals surface area contributed by atoms with E-state index in [9.17, 15) is 0 Å². The second-order valence-electron chi connectivity index (χ2n) is 5.84. The predicted octanol–water partition coefficient (Wildman–Crippen LogP) is 4.57. The third kappa shape index (κ3) is 3.06. The molecule has 0 aliphatic heterocycles. The second kappa shape index (κ2) is 5.60. The molecule has 0 radical (unpaired) electrons. The lowest BCUT2D eigenvalue weighted by Crippen LogP contribution is -2.04. The normalized spacial score (nSPS) is 11.5. The van der Waals surface area contributed by atoms with Crippen LogP contribution in [0.5, 0.6) is 5.75 Å². The maximum absolute atomic E-state index is 5.29. The van der Waals surface area contributed by atoms with Crippen LogP contribution in [-0.2, 0) is 6.42 Å². The molecular formula is C17H23NO. The first-order valence-electron chi connectivity index (χ1n) is 6.98. The lowest BCUT2D eigenvalue weighted by Gasteiger charge is -2.15. The zero-order valence-electron chi connectivity index (χ0n) is 12.5. The van der Waals surface area contributed by atoms with Crippen molar-refractivity contribution in [2.45, 2.75) is 40.0 Å². The van der Waals surface area contributed by atoms with Crippen LogP contribution < -0.4 is 4.74 Å². The van der Waals surface area contributed by atoms with E-state index < -0.39 is 0 Å². The first-order chi connectivity index (χ1) is 9.01. The van der Waals surface area contributed by atoms with Crippen molar-refractivity contribution < 1.29 is 4.74 Å². The van der Waals surface area contributed by atoms with Crippen LogP contribution >= 0.6 is 0 Å². The van der Waals surface area contributed by atoms with Crippen LogP contribution in [0, 0.1) is 5.92 Å². The molecular weight excluding hydrogens is 234 g/mol. The summed E-state index contributed by atoms with van der Waals surface area (Å²) in [6, 6.07) is 8.35. The third-order valence-corrected chi connectivity index (χ3v) is 3.36. The average Bonchev–Trinajstić information content (AvgIpc) is 2.36. The highest BCUT2D eigenvalue weighted by atomic mass is 16.5. The average molecular weight is 257 g/mol. The van der Waals surface area contributed by atoms with E-state index in [0.29, 0.717) is 11.8 Å². The number of hydrogen-bond donors (Lipinski definition) is 0. The highest BCUT2D eigenvalue weighted by Crippen LogP contribution is 2.27. The summed E-state index contributed by atoms with van der Waals surface area (Å²) < 4.78 is 5.29. The summed E-state index contributed by atoms with van der Waals surface area (Å²) in [5, 5.41) is 1.16. The molecule has 2 rings (SSSR count). The Balaban J connectivity index is 2.58. The van der Waals surface area contributed by atoms with Gasteiger partial charge in [0.05, 0.1) is 12.6 Å². The number of hydrogen-bond acceptors (Lipinski definition) is 2. The van der Waals surface area contributed by atoms with Gasteiger partial charge in [-0.3, -0.25) is 4.98 Å². The van der Waals surface area contributed by atoms with Gasteiger partial charge in [0.2, 0.25) is 0 Å². The van der Waals surface area contributed by atoms with E-state index in [0.717, 1.165) is 23.1 Å². The van der Waals surface area contributed by atoms with Crippen molar-refractivity contribution in [2.24, 2.45) is 5.92 Å². The number of aromatic nitrogens is 1. The van der Waals surface area contributed by atoms with Gasteiger partial charge in [-0.2, -0.15) is 0 Å². The number of methoxy groups -OCH3 is 1. The van der Waals surface area contributed by atoms with Gasteiger partial charge in [-0.15, -0.1) is 0 Å². The Hall–Kier alpha value is -1.57. The molecule has 0 aliphatic carbocycles. The summed E-state index contributed by atoms with van der Waals surface area (Å²) >= 11 is 0. The Kier molecular flexibility index (Phi) is 4.08. The second-order valence-corrected chi connectivity index (χ2v) is 5.84. The highest BCUT2D eigenvalue weighted by molar-refractivity contribution is 5.81. The van der Waals surface area contributed by atoms with Crippen molar-refractivity contribution >= 4 is 10.9 Å². The van der Waals surface area contributed by atoms with Gasteiger partial charge in [-0.1, -0.05) is 27.7 Å². The van der Waals surface area contributed by atoms with Crippen LogP contribution in [0.2, 0.25) is 0 Å². The SMILES string of the molecule is COc1ccc2nc(CC(C)C)c(C(C)C)cc2c1. The van der Waals surface area contributed by atoms with Crippen LogP contribution in [-0.4, -0.2) is 12.1 Å². The Morgan fingerprint density at radius 3 is 2.42 bits per heavy atom. The van der Waals surface area contributed by atoms with Crippen LogP contribution in [0.4, 0.5) is 0 Å². The number of rotatable bonds is 4. The number of nitrogens with zero attached hydrogens (tertiary/aromatic N) is 1. The van der Waals surface area contributed by atoms with Crippen molar-refractivity contribution in [3.05, 3.63) is 35.5 Å². The van der Waals surface area contributed by atoms with Crippen molar-refractivity contribution in [3.63, 3.8) is 0 Å². The summed E-state index contributed by atoms with van der Waals surface area (Å²) in [5.41, 5.74) is 3.65. The minimum atomic E-state index is 0.497. The minimum absolute atomic E-state index is 0.497. The number of pyridine rings is 1. The molecule has 1 heterocycles. The fourth-order valence-corrected chi connectivity index (χ4v) is 2.39. The first-order valence-corrected chi connectivity index (χ1v) is 6.98. The molecule has 0 spiro atoms. The lowest BCUT2D eigenvalue weighted by atomic mass is 9.94. The van der Waals surface area contributed by atoms with Gasteiger partial charge in [0.1, 0.15) is 5.75 Å². The van der Waals surface area contributed by atoms with Crippen LogP contribution in [0.3, 0.4) is 0 Å². The number of fused-ring (bicyclic) bond motifs is 1. The van der Waals surface area contributed by atoms with E-state index in [1.807, 2.05) is 12.1 Å². The van der Waals surface area contributed by atoms with Crippen molar-refractivity contribution in [2.75, 3.05) is 7.11 Å². The molecule has 0 saturated carbocycles. The topological polar surface area (TPSA) is 22.1 Å². The summed E-state index contributed by atoms with van der Waals surface area (Å²) in [6.07, 6.45) is 1.04. The quantitative estimate of drug-likeness (QED) is 0.800. The lowest BCUT2D eigenvalue weighted by molar-refractivity contribution is 0.415. The molecule has 0 amide bonds. The first kappa shape index (κ1) is 13.9. The summed E-state index contributed by atoms with van der Waals surface area (Å²) in [6.45, 7) is 8.94. The molecule has 0 atom stereocenters.